The monoisotopic (exact) mass is 416 g/mol. The number of aromatic amines is 1. The van der Waals surface area contributed by atoms with Crippen molar-refractivity contribution in [2.24, 2.45) is 4.99 Å². The molecular formula is C24H28N6O. The number of anilines is 2. The largest absolute Gasteiger partial charge is 0.370 e. The number of piperidine rings is 1. The van der Waals surface area contributed by atoms with E-state index in [2.05, 4.69) is 53.5 Å². The number of imidazole rings is 1. The summed E-state index contributed by atoms with van der Waals surface area (Å²) in [5, 5.41) is 7.31. The lowest BCUT2D eigenvalue weighted by Crippen LogP contribution is -2.63. The van der Waals surface area contributed by atoms with Crippen molar-refractivity contribution in [1.82, 2.24) is 14.9 Å². The van der Waals surface area contributed by atoms with Gasteiger partial charge in [0.1, 0.15) is 11.4 Å². The number of hydrogen-bond acceptors (Lipinski definition) is 4. The quantitative estimate of drug-likeness (QED) is 0.553. The number of likely N-dealkylation sites (tertiary alicyclic amines) is 1. The van der Waals surface area contributed by atoms with E-state index in [-0.39, 0.29) is 11.4 Å². The Kier molecular flexibility index (Phi) is 4.50. The number of amides is 1. The first-order valence-electron chi connectivity index (χ1n) is 10.8. The molecule has 0 aliphatic carbocycles. The number of fused-ring (bicyclic) bond motifs is 2. The number of nitrogens with one attached hydrogen (secondary N) is 3. The number of aliphatic imine (C=N–C) groups is 1. The zero-order valence-corrected chi connectivity index (χ0v) is 18.2. The summed E-state index contributed by atoms with van der Waals surface area (Å²) in [6.45, 7) is 7.58. The molecule has 1 aromatic heterocycles. The van der Waals surface area contributed by atoms with E-state index in [1.54, 1.807) is 6.33 Å². The fraction of sp³-hybridized carbons (Fsp3) is 0.375. The second kappa shape index (κ2) is 7.11. The van der Waals surface area contributed by atoms with Gasteiger partial charge in [0.15, 0.2) is 0 Å². The van der Waals surface area contributed by atoms with Gasteiger partial charge in [-0.05, 0) is 63.9 Å². The molecule has 160 valence electrons. The third-order valence-electron chi connectivity index (χ3n) is 5.90. The summed E-state index contributed by atoms with van der Waals surface area (Å²) in [5.41, 5.74) is 3.80. The number of hydrogen-bond donors (Lipinski definition) is 3. The Bertz CT molecular complexity index is 1170. The van der Waals surface area contributed by atoms with Crippen LogP contribution in [0.2, 0.25) is 0 Å². The van der Waals surface area contributed by atoms with E-state index < -0.39 is 5.54 Å². The minimum Gasteiger partial charge on any atom is -0.370 e. The summed E-state index contributed by atoms with van der Waals surface area (Å²) >= 11 is 0. The SMILES string of the molecule is CC(C)(C)N=C1Nc2ccccc2NC12CCCN(C(=O)c1ccc3nc[nH]c3c1)C2. The van der Waals surface area contributed by atoms with Crippen LogP contribution in [0.15, 0.2) is 53.8 Å². The van der Waals surface area contributed by atoms with Gasteiger partial charge < -0.3 is 20.5 Å². The molecule has 1 saturated heterocycles. The Morgan fingerprint density at radius 2 is 1.97 bits per heavy atom. The second-order valence-electron chi connectivity index (χ2n) is 9.47. The molecule has 31 heavy (non-hydrogen) atoms. The maximum absolute atomic E-state index is 13.4. The van der Waals surface area contributed by atoms with E-state index in [1.165, 1.54) is 0 Å². The molecule has 3 aromatic rings. The molecule has 3 N–H and O–H groups in total. The van der Waals surface area contributed by atoms with Crippen molar-refractivity contribution < 1.29 is 4.79 Å². The van der Waals surface area contributed by atoms with Crippen LogP contribution < -0.4 is 10.6 Å². The standard InChI is InChI=1S/C24H28N6O/c1-23(2,3)29-22-24(28-19-8-5-4-7-18(19)27-22)11-6-12-30(14-24)21(31)16-9-10-17-20(13-16)26-15-25-17/h4-5,7-10,13,15,28H,6,11-12,14H2,1-3H3,(H,25,26)(H,27,29). The minimum atomic E-state index is -0.437. The molecule has 7 heteroatoms. The number of aromatic nitrogens is 2. The zero-order valence-electron chi connectivity index (χ0n) is 18.2. The van der Waals surface area contributed by atoms with Crippen LogP contribution in [-0.2, 0) is 0 Å². The van der Waals surface area contributed by atoms with Crippen molar-refractivity contribution in [3.63, 3.8) is 0 Å². The minimum absolute atomic E-state index is 0.0337. The normalized spacial score (nSPS) is 22.3. The molecule has 3 heterocycles. The highest BCUT2D eigenvalue weighted by Crippen LogP contribution is 2.37. The van der Waals surface area contributed by atoms with Gasteiger partial charge in [-0.25, -0.2) is 4.98 Å². The molecule has 1 amide bonds. The fourth-order valence-corrected chi connectivity index (χ4v) is 4.51. The Hall–Kier alpha value is -3.35. The summed E-state index contributed by atoms with van der Waals surface area (Å²) in [6.07, 6.45) is 3.46. The molecule has 2 aromatic carbocycles. The molecule has 2 aliphatic rings. The van der Waals surface area contributed by atoms with Crippen molar-refractivity contribution >= 4 is 34.2 Å². The van der Waals surface area contributed by atoms with Gasteiger partial charge >= 0.3 is 0 Å². The van der Waals surface area contributed by atoms with Gasteiger partial charge in [0.25, 0.3) is 5.91 Å². The van der Waals surface area contributed by atoms with Gasteiger partial charge in [-0.1, -0.05) is 12.1 Å². The first-order valence-corrected chi connectivity index (χ1v) is 10.8. The van der Waals surface area contributed by atoms with Gasteiger partial charge in [-0.3, -0.25) is 9.79 Å². The number of benzene rings is 2. The van der Waals surface area contributed by atoms with Gasteiger partial charge in [0, 0.05) is 12.1 Å². The van der Waals surface area contributed by atoms with Crippen LogP contribution in [0.1, 0.15) is 44.0 Å². The van der Waals surface area contributed by atoms with Crippen LogP contribution in [-0.4, -0.2) is 50.8 Å². The average molecular weight is 417 g/mol. The van der Waals surface area contributed by atoms with Crippen LogP contribution in [0.4, 0.5) is 11.4 Å². The number of amidine groups is 1. The van der Waals surface area contributed by atoms with E-state index in [9.17, 15) is 4.79 Å². The van der Waals surface area contributed by atoms with Gasteiger partial charge in [0.05, 0.1) is 40.8 Å². The molecule has 0 radical (unpaired) electrons. The van der Waals surface area contributed by atoms with E-state index in [1.807, 2.05) is 35.2 Å². The Morgan fingerprint density at radius 1 is 1.16 bits per heavy atom. The molecule has 5 rings (SSSR count). The zero-order chi connectivity index (χ0) is 21.6. The summed E-state index contributed by atoms with van der Waals surface area (Å²) < 4.78 is 0. The van der Waals surface area contributed by atoms with Gasteiger partial charge in [0.2, 0.25) is 0 Å². The van der Waals surface area contributed by atoms with E-state index >= 15 is 0 Å². The fourth-order valence-electron chi connectivity index (χ4n) is 4.51. The number of carbonyl (C=O) groups excluding carboxylic acids is 1. The van der Waals surface area contributed by atoms with Crippen molar-refractivity contribution in [1.29, 1.82) is 0 Å². The molecule has 1 spiro atoms. The Labute approximate surface area is 182 Å². The lowest BCUT2D eigenvalue weighted by Gasteiger charge is -2.47. The summed E-state index contributed by atoms with van der Waals surface area (Å²) in [5.74, 6) is 0.937. The molecular weight excluding hydrogens is 388 g/mol. The Morgan fingerprint density at radius 3 is 2.77 bits per heavy atom. The van der Waals surface area contributed by atoms with E-state index in [0.29, 0.717) is 12.1 Å². The molecule has 1 atom stereocenters. The number of H-pyrrole nitrogens is 1. The Balaban J connectivity index is 1.50. The first kappa shape index (κ1) is 19.6. The number of carbonyl (C=O) groups is 1. The maximum atomic E-state index is 13.4. The topological polar surface area (TPSA) is 85.4 Å². The lowest BCUT2D eigenvalue weighted by molar-refractivity contribution is 0.0694. The summed E-state index contributed by atoms with van der Waals surface area (Å²) in [7, 11) is 0. The smallest absolute Gasteiger partial charge is 0.254 e. The molecule has 0 bridgehead atoms. The van der Waals surface area contributed by atoms with Crippen LogP contribution in [0, 0.1) is 0 Å². The lowest BCUT2D eigenvalue weighted by atomic mass is 9.84. The van der Waals surface area contributed by atoms with Crippen LogP contribution in [0.5, 0.6) is 0 Å². The molecule has 1 fully saturated rings. The van der Waals surface area contributed by atoms with E-state index in [4.69, 9.17) is 4.99 Å². The van der Waals surface area contributed by atoms with Crippen molar-refractivity contribution in [3.8, 4) is 0 Å². The van der Waals surface area contributed by atoms with Crippen molar-refractivity contribution in [2.45, 2.75) is 44.7 Å². The van der Waals surface area contributed by atoms with Gasteiger partial charge in [-0.2, -0.15) is 0 Å². The highest BCUT2D eigenvalue weighted by molar-refractivity contribution is 6.10. The molecule has 1 unspecified atom stereocenters. The van der Waals surface area contributed by atoms with Crippen LogP contribution in [0.25, 0.3) is 11.0 Å². The second-order valence-corrected chi connectivity index (χ2v) is 9.47. The van der Waals surface area contributed by atoms with E-state index in [0.717, 1.165) is 47.6 Å². The number of nitrogens with zero attached hydrogens (tertiary/aromatic N) is 3. The third kappa shape index (κ3) is 3.65. The maximum Gasteiger partial charge on any atom is 0.254 e. The first-order chi connectivity index (χ1) is 14.8. The number of para-hydroxylation sites is 2. The molecule has 0 saturated carbocycles. The highest BCUT2D eigenvalue weighted by Gasteiger charge is 2.45. The predicted octanol–water partition coefficient (Wildman–Crippen LogP) is 4.27. The molecule has 2 aliphatic heterocycles. The van der Waals surface area contributed by atoms with Crippen molar-refractivity contribution in [3.05, 3.63) is 54.4 Å². The number of rotatable bonds is 1. The third-order valence-corrected chi connectivity index (χ3v) is 5.90. The molecule has 7 nitrogen and oxygen atoms in total. The van der Waals surface area contributed by atoms with Gasteiger partial charge in [-0.15, -0.1) is 0 Å². The highest BCUT2D eigenvalue weighted by atomic mass is 16.2. The average Bonchev–Trinajstić information content (AvgIpc) is 3.21. The summed E-state index contributed by atoms with van der Waals surface area (Å²) in [4.78, 5) is 27.8. The predicted molar refractivity (Wildman–Crippen MR) is 125 cm³/mol. The van der Waals surface area contributed by atoms with Crippen LogP contribution >= 0.6 is 0 Å². The summed E-state index contributed by atoms with van der Waals surface area (Å²) in [6, 6.07) is 13.8. The van der Waals surface area contributed by atoms with Crippen molar-refractivity contribution in [2.75, 3.05) is 23.7 Å². The van der Waals surface area contributed by atoms with Crippen LogP contribution in [0.3, 0.4) is 0 Å².